The highest BCUT2D eigenvalue weighted by Crippen LogP contribution is 2.32. The molecule has 0 saturated carbocycles. The van der Waals surface area contributed by atoms with Crippen LogP contribution in [0.15, 0.2) is 35.7 Å². The van der Waals surface area contributed by atoms with Crippen LogP contribution in [-0.4, -0.2) is 17.8 Å². The molecule has 1 aromatic heterocycles. The van der Waals surface area contributed by atoms with E-state index in [1.807, 2.05) is 31.2 Å². The van der Waals surface area contributed by atoms with E-state index in [-0.39, 0.29) is 18.8 Å². The fourth-order valence-electron chi connectivity index (χ4n) is 2.16. The molecule has 1 heterocycles. The molecule has 2 unspecified atom stereocenters. The van der Waals surface area contributed by atoms with E-state index < -0.39 is 0 Å². The average Bonchev–Trinajstić information content (AvgIpc) is 2.84. The second-order valence-electron chi connectivity index (χ2n) is 4.95. The smallest absolute Gasteiger partial charge is 0.148 e. The van der Waals surface area contributed by atoms with E-state index in [2.05, 4.69) is 18.4 Å². The predicted octanol–water partition coefficient (Wildman–Crippen LogP) is 3.06. The van der Waals surface area contributed by atoms with Crippen LogP contribution >= 0.6 is 11.3 Å². The molecule has 0 aliphatic heterocycles. The van der Waals surface area contributed by atoms with Gasteiger partial charge in [-0.15, -0.1) is 11.3 Å². The van der Waals surface area contributed by atoms with Gasteiger partial charge in [0, 0.05) is 17.5 Å². The quantitative estimate of drug-likeness (QED) is 0.860. The van der Waals surface area contributed by atoms with Crippen LogP contribution in [0.25, 0.3) is 0 Å². The largest absolute Gasteiger partial charge is 0.483 e. The molecule has 0 radical (unpaired) electrons. The number of aryl methyl sites for hydroxylation is 1. The van der Waals surface area contributed by atoms with Gasteiger partial charge in [-0.2, -0.15) is 0 Å². The lowest BCUT2D eigenvalue weighted by molar-refractivity contribution is 0.180. The van der Waals surface area contributed by atoms with Crippen molar-refractivity contribution < 1.29 is 9.84 Å². The molecule has 20 heavy (non-hydrogen) atoms. The molecule has 0 amide bonds. The number of aliphatic hydroxyl groups excluding tert-OH is 1. The standard InChI is InChI=1S/C16H21NO2S/c1-11-8-10-20-16(11)15(12(2)17)19-14-6-4-3-5-13(14)7-9-18/h3-6,8,10,12,15,18H,7,9,17H2,1-2H3. The third kappa shape index (κ3) is 3.39. The molecule has 3 nitrogen and oxygen atoms in total. The van der Waals surface area contributed by atoms with Crippen LogP contribution in [0.3, 0.4) is 0 Å². The first-order chi connectivity index (χ1) is 9.63. The number of thiophene rings is 1. The van der Waals surface area contributed by atoms with Gasteiger partial charge in [0.25, 0.3) is 0 Å². The number of benzene rings is 1. The molecular formula is C16H21NO2S. The Balaban J connectivity index is 2.28. The number of para-hydroxylation sites is 1. The van der Waals surface area contributed by atoms with Gasteiger partial charge in [0.15, 0.2) is 0 Å². The predicted molar refractivity (Wildman–Crippen MR) is 83.3 cm³/mol. The molecule has 0 saturated heterocycles. The van der Waals surface area contributed by atoms with E-state index in [1.54, 1.807) is 11.3 Å². The topological polar surface area (TPSA) is 55.5 Å². The fourth-order valence-corrected chi connectivity index (χ4v) is 3.23. The Morgan fingerprint density at radius 2 is 2.05 bits per heavy atom. The Labute approximate surface area is 124 Å². The molecule has 108 valence electrons. The van der Waals surface area contributed by atoms with E-state index >= 15 is 0 Å². The highest BCUT2D eigenvalue weighted by Gasteiger charge is 2.22. The summed E-state index contributed by atoms with van der Waals surface area (Å²) in [6, 6.07) is 9.78. The van der Waals surface area contributed by atoms with Crippen molar-refractivity contribution >= 4 is 11.3 Å². The van der Waals surface area contributed by atoms with Crippen LogP contribution < -0.4 is 10.5 Å². The summed E-state index contributed by atoms with van der Waals surface area (Å²) in [5.74, 6) is 0.802. The zero-order chi connectivity index (χ0) is 14.5. The van der Waals surface area contributed by atoms with Crippen molar-refractivity contribution in [3.05, 3.63) is 51.7 Å². The van der Waals surface area contributed by atoms with Crippen LogP contribution in [0.5, 0.6) is 5.75 Å². The van der Waals surface area contributed by atoms with E-state index in [4.69, 9.17) is 15.6 Å². The van der Waals surface area contributed by atoms with Crippen LogP contribution in [0.4, 0.5) is 0 Å². The molecular weight excluding hydrogens is 270 g/mol. The van der Waals surface area contributed by atoms with Crippen molar-refractivity contribution in [2.75, 3.05) is 6.61 Å². The number of nitrogens with two attached hydrogens (primary N) is 1. The van der Waals surface area contributed by atoms with Gasteiger partial charge in [-0.25, -0.2) is 0 Å². The van der Waals surface area contributed by atoms with Gasteiger partial charge in [-0.1, -0.05) is 18.2 Å². The summed E-state index contributed by atoms with van der Waals surface area (Å²) in [4.78, 5) is 1.17. The van der Waals surface area contributed by atoms with E-state index in [1.165, 1.54) is 10.4 Å². The summed E-state index contributed by atoms with van der Waals surface area (Å²) in [6.07, 6.45) is 0.431. The maximum Gasteiger partial charge on any atom is 0.148 e. The van der Waals surface area contributed by atoms with E-state index in [0.717, 1.165) is 11.3 Å². The SMILES string of the molecule is Cc1ccsc1C(Oc1ccccc1CCO)C(C)N. The molecule has 0 spiro atoms. The maximum absolute atomic E-state index is 9.14. The molecule has 3 N–H and O–H groups in total. The molecule has 0 aliphatic carbocycles. The highest BCUT2D eigenvalue weighted by atomic mass is 32.1. The molecule has 2 atom stereocenters. The molecule has 4 heteroatoms. The van der Waals surface area contributed by atoms with Gasteiger partial charge in [-0.3, -0.25) is 0 Å². The summed E-state index contributed by atoms with van der Waals surface area (Å²) in [5, 5.41) is 11.2. The third-order valence-corrected chi connectivity index (χ3v) is 4.33. The molecule has 2 rings (SSSR count). The Morgan fingerprint density at radius 3 is 2.65 bits per heavy atom. The van der Waals surface area contributed by atoms with Gasteiger partial charge < -0.3 is 15.6 Å². The van der Waals surface area contributed by atoms with Gasteiger partial charge in [0.1, 0.15) is 11.9 Å². The summed E-state index contributed by atoms with van der Waals surface area (Å²) in [7, 11) is 0. The molecule has 0 aliphatic rings. The van der Waals surface area contributed by atoms with Gasteiger partial charge >= 0.3 is 0 Å². The summed E-state index contributed by atoms with van der Waals surface area (Å²) in [5.41, 5.74) is 8.32. The minimum atomic E-state index is -0.158. The van der Waals surface area contributed by atoms with Crippen molar-refractivity contribution in [1.82, 2.24) is 0 Å². The molecule has 0 fully saturated rings. The third-order valence-electron chi connectivity index (χ3n) is 3.25. The van der Waals surface area contributed by atoms with Gasteiger partial charge in [0.05, 0.1) is 0 Å². The zero-order valence-electron chi connectivity index (χ0n) is 11.9. The Kier molecular flexibility index (Phi) is 5.17. The first kappa shape index (κ1) is 15.0. The molecule has 1 aromatic carbocycles. The normalized spacial score (nSPS) is 14.0. The van der Waals surface area contributed by atoms with Crippen LogP contribution in [0, 0.1) is 6.92 Å². The van der Waals surface area contributed by atoms with Crippen LogP contribution in [0.1, 0.15) is 29.0 Å². The number of rotatable bonds is 6. The van der Waals surface area contributed by atoms with Crippen LogP contribution in [0.2, 0.25) is 0 Å². The summed E-state index contributed by atoms with van der Waals surface area (Å²) >= 11 is 1.67. The monoisotopic (exact) mass is 291 g/mol. The van der Waals surface area contributed by atoms with Crippen molar-refractivity contribution in [3.63, 3.8) is 0 Å². The summed E-state index contributed by atoms with van der Waals surface area (Å²) < 4.78 is 6.16. The summed E-state index contributed by atoms with van der Waals surface area (Å²) in [6.45, 7) is 4.14. The lowest BCUT2D eigenvalue weighted by Crippen LogP contribution is -2.29. The average molecular weight is 291 g/mol. The fraction of sp³-hybridized carbons (Fsp3) is 0.375. The minimum Gasteiger partial charge on any atom is -0.483 e. The first-order valence-electron chi connectivity index (χ1n) is 6.78. The number of hydrogen-bond acceptors (Lipinski definition) is 4. The highest BCUT2D eigenvalue weighted by molar-refractivity contribution is 7.10. The Hall–Kier alpha value is -1.36. The van der Waals surface area contributed by atoms with E-state index in [9.17, 15) is 0 Å². The van der Waals surface area contributed by atoms with E-state index in [0.29, 0.717) is 6.42 Å². The first-order valence-corrected chi connectivity index (χ1v) is 7.66. The van der Waals surface area contributed by atoms with Crippen LogP contribution in [-0.2, 0) is 6.42 Å². The van der Waals surface area contributed by atoms with Crippen molar-refractivity contribution in [2.24, 2.45) is 5.73 Å². The lowest BCUT2D eigenvalue weighted by atomic mass is 10.1. The Morgan fingerprint density at radius 1 is 1.30 bits per heavy atom. The van der Waals surface area contributed by atoms with Crippen molar-refractivity contribution in [3.8, 4) is 5.75 Å². The van der Waals surface area contributed by atoms with Crippen molar-refractivity contribution in [1.29, 1.82) is 0 Å². The number of ether oxygens (including phenoxy) is 1. The van der Waals surface area contributed by atoms with Gasteiger partial charge in [0.2, 0.25) is 0 Å². The Bertz CT molecular complexity index is 551. The second kappa shape index (κ2) is 6.88. The number of hydrogen-bond donors (Lipinski definition) is 2. The lowest BCUT2D eigenvalue weighted by Gasteiger charge is -2.24. The van der Waals surface area contributed by atoms with Crippen molar-refractivity contribution in [2.45, 2.75) is 32.4 Å². The molecule has 2 aromatic rings. The minimum absolute atomic E-state index is 0.102. The molecule has 0 bridgehead atoms. The second-order valence-corrected chi connectivity index (χ2v) is 5.89. The van der Waals surface area contributed by atoms with Gasteiger partial charge in [-0.05, 0) is 48.9 Å². The maximum atomic E-state index is 9.14. The number of aliphatic hydroxyl groups is 1. The zero-order valence-corrected chi connectivity index (χ0v) is 12.7.